The van der Waals surface area contributed by atoms with E-state index in [1.807, 2.05) is 11.3 Å². The number of hydrogen-bond acceptors (Lipinski definition) is 4. The van der Waals surface area contributed by atoms with Crippen LogP contribution in [0.1, 0.15) is 132 Å². The summed E-state index contributed by atoms with van der Waals surface area (Å²) in [7, 11) is 0. The van der Waals surface area contributed by atoms with Crippen LogP contribution in [-0.4, -0.2) is 12.8 Å². The SMILES string of the molecule is CC(C)(C)C1=CCC(N2c3cc4c(cc3B3c5sc6ccc(C(C)(C)C)cc6c5N(c5ccc(C(C)(C)C)cc5)c5cc(N(c6ccccc6)c6ccccc6)cc2c53)C(C)(C)CCC4(C)C)C=C1. The fourth-order valence-electron chi connectivity index (χ4n) is 11.8. The Bertz CT molecular complexity index is 3160. The van der Waals surface area contributed by atoms with Crippen molar-refractivity contribution in [1.29, 1.82) is 0 Å². The molecule has 350 valence electrons. The van der Waals surface area contributed by atoms with Crippen LogP contribution >= 0.6 is 11.3 Å². The molecule has 0 radical (unpaired) electrons. The van der Waals surface area contributed by atoms with Gasteiger partial charge >= 0.3 is 0 Å². The van der Waals surface area contributed by atoms with E-state index in [1.165, 1.54) is 94.9 Å². The normalized spacial score (nSPS) is 18.1. The molecule has 69 heavy (non-hydrogen) atoms. The van der Waals surface area contributed by atoms with Gasteiger partial charge in [-0.1, -0.05) is 169 Å². The topological polar surface area (TPSA) is 9.72 Å². The van der Waals surface area contributed by atoms with Gasteiger partial charge in [0, 0.05) is 49.0 Å². The molecule has 6 aromatic carbocycles. The minimum Gasteiger partial charge on any atom is -0.335 e. The highest BCUT2D eigenvalue weighted by Gasteiger charge is 2.49. The lowest BCUT2D eigenvalue weighted by molar-refractivity contribution is 0.332. The van der Waals surface area contributed by atoms with E-state index < -0.39 is 0 Å². The fraction of sp³-hybridized carbons (Fsp3) is 0.344. The number of hydrogen-bond donors (Lipinski definition) is 0. The van der Waals surface area contributed by atoms with Gasteiger partial charge in [-0.25, -0.2) is 0 Å². The monoisotopic (exact) mass is 924 g/mol. The predicted molar refractivity (Wildman–Crippen MR) is 302 cm³/mol. The van der Waals surface area contributed by atoms with Crippen molar-refractivity contribution in [2.45, 2.75) is 137 Å². The second-order valence-corrected chi connectivity index (χ2v) is 26.0. The smallest absolute Gasteiger partial charge is 0.264 e. The molecule has 11 rings (SSSR count). The van der Waals surface area contributed by atoms with Crippen LogP contribution < -0.4 is 30.4 Å². The molecule has 3 heterocycles. The number of benzene rings is 6. The Morgan fingerprint density at radius 2 is 1.17 bits per heavy atom. The first-order valence-electron chi connectivity index (χ1n) is 25.5. The molecule has 5 heteroatoms. The number of nitrogens with zero attached hydrogens (tertiary/aromatic N) is 3. The number of thiophene rings is 1. The van der Waals surface area contributed by atoms with Crippen molar-refractivity contribution >= 4 is 89.3 Å². The highest BCUT2D eigenvalue weighted by Crippen LogP contribution is 2.53. The molecule has 3 nitrogen and oxygen atoms in total. The Balaban J connectivity index is 1.29. The fourth-order valence-corrected chi connectivity index (χ4v) is 13.1. The van der Waals surface area contributed by atoms with Crippen molar-refractivity contribution < 1.29 is 0 Å². The second kappa shape index (κ2) is 15.9. The molecule has 0 fully saturated rings. The molecule has 1 atom stereocenters. The second-order valence-electron chi connectivity index (χ2n) is 24.9. The van der Waals surface area contributed by atoms with Crippen molar-refractivity contribution in [3.8, 4) is 0 Å². The zero-order valence-corrected chi connectivity index (χ0v) is 44.2. The lowest BCUT2D eigenvalue weighted by Crippen LogP contribution is -2.62. The van der Waals surface area contributed by atoms with Crippen LogP contribution in [0.5, 0.6) is 0 Å². The summed E-state index contributed by atoms with van der Waals surface area (Å²) in [5.74, 6) is 0. The Kier molecular flexibility index (Phi) is 10.5. The van der Waals surface area contributed by atoms with Crippen LogP contribution in [0.15, 0.2) is 151 Å². The number of rotatable bonds is 5. The molecule has 0 amide bonds. The number of anilines is 8. The number of fused-ring (bicyclic) bond motifs is 7. The largest absolute Gasteiger partial charge is 0.335 e. The summed E-state index contributed by atoms with van der Waals surface area (Å²) in [4.78, 5) is 7.93. The molecule has 0 saturated heterocycles. The molecule has 0 bridgehead atoms. The van der Waals surface area contributed by atoms with Gasteiger partial charge in [0.25, 0.3) is 6.71 Å². The molecular weight excluding hydrogens is 854 g/mol. The average Bonchev–Trinajstić information content (AvgIpc) is 3.69. The summed E-state index contributed by atoms with van der Waals surface area (Å²) in [6, 6.07) is 49.4. The first-order chi connectivity index (χ1) is 32.6. The van der Waals surface area contributed by atoms with E-state index in [4.69, 9.17) is 0 Å². The van der Waals surface area contributed by atoms with Gasteiger partial charge in [-0.2, -0.15) is 0 Å². The third-order valence-electron chi connectivity index (χ3n) is 16.1. The van der Waals surface area contributed by atoms with Gasteiger partial charge < -0.3 is 14.7 Å². The Morgan fingerprint density at radius 3 is 1.74 bits per heavy atom. The van der Waals surface area contributed by atoms with Crippen molar-refractivity contribution in [1.82, 2.24) is 0 Å². The third-order valence-corrected chi connectivity index (χ3v) is 17.3. The van der Waals surface area contributed by atoms with E-state index >= 15 is 0 Å². The van der Waals surface area contributed by atoms with Gasteiger partial charge in [-0.05, 0) is 152 Å². The van der Waals surface area contributed by atoms with Crippen molar-refractivity contribution in [2.75, 3.05) is 14.7 Å². The number of allylic oxidation sites excluding steroid dienone is 2. The molecule has 4 aliphatic rings. The Labute approximate surface area is 417 Å². The first kappa shape index (κ1) is 45.7. The molecule has 0 saturated carbocycles. The van der Waals surface area contributed by atoms with Gasteiger partial charge in [-0.15, -0.1) is 11.3 Å². The summed E-state index contributed by atoms with van der Waals surface area (Å²) in [6.07, 6.45) is 10.8. The van der Waals surface area contributed by atoms with Gasteiger partial charge in [0.15, 0.2) is 0 Å². The summed E-state index contributed by atoms with van der Waals surface area (Å²) in [5, 5.41) is 1.33. The van der Waals surface area contributed by atoms with Crippen LogP contribution in [0.25, 0.3) is 10.1 Å². The average molecular weight is 924 g/mol. The molecule has 0 spiro atoms. The van der Waals surface area contributed by atoms with Crippen LogP contribution in [0.2, 0.25) is 0 Å². The van der Waals surface area contributed by atoms with E-state index in [0.717, 1.165) is 23.5 Å². The summed E-state index contributed by atoms with van der Waals surface area (Å²) >= 11 is 2.01. The van der Waals surface area contributed by atoms with Gasteiger partial charge in [0.05, 0.1) is 17.4 Å². The van der Waals surface area contributed by atoms with Crippen molar-refractivity contribution in [3.05, 3.63) is 173 Å². The van der Waals surface area contributed by atoms with Gasteiger partial charge in [0.2, 0.25) is 0 Å². The number of para-hydroxylation sites is 2. The van der Waals surface area contributed by atoms with Crippen LogP contribution in [-0.2, 0) is 21.7 Å². The zero-order chi connectivity index (χ0) is 48.6. The minimum absolute atomic E-state index is 0.00875. The van der Waals surface area contributed by atoms with Crippen molar-refractivity contribution in [3.63, 3.8) is 0 Å². The molecule has 0 N–H and O–H groups in total. The Morgan fingerprint density at radius 1 is 0.594 bits per heavy atom. The lowest BCUT2D eigenvalue weighted by Gasteiger charge is -2.48. The summed E-state index contributed by atoms with van der Waals surface area (Å²) in [5.41, 5.74) is 20.0. The van der Waals surface area contributed by atoms with E-state index in [0.29, 0.717) is 0 Å². The van der Waals surface area contributed by atoms with E-state index in [1.54, 1.807) is 0 Å². The van der Waals surface area contributed by atoms with E-state index in [2.05, 4.69) is 250 Å². The molecular formula is C64H70BN3S. The van der Waals surface area contributed by atoms with Crippen molar-refractivity contribution in [2.24, 2.45) is 5.41 Å². The van der Waals surface area contributed by atoms with Crippen LogP contribution in [0, 0.1) is 5.41 Å². The quantitative estimate of drug-likeness (QED) is 0.159. The predicted octanol–water partition coefficient (Wildman–Crippen LogP) is 16.4. The molecule has 2 aliphatic heterocycles. The molecule has 2 aliphatic carbocycles. The summed E-state index contributed by atoms with van der Waals surface area (Å²) in [6.45, 7) is 31.0. The van der Waals surface area contributed by atoms with Gasteiger partial charge in [0.1, 0.15) is 0 Å². The highest BCUT2D eigenvalue weighted by molar-refractivity contribution is 7.33. The maximum atomic E-state index is 2.78. The van der Waals surface area contributed by atoms with Crippen LogP contribution in [0.4, 0.5) is 45.5 Å². The maximum Gasteiger partial charge on any atom is 0.264 e. The van der Waals surface area contributed by atoms with Crippen LogP contribution in [0.3, 0.4) is 0 Å². The third kappa shape index (κ3) is 7.61. The zero-order valence-electron chi connectivity index (χ0n) is 43.4. The molecule has 1 aromatic heterocycles. The lowest BCUT2D eigenvalue weighted by atomic mass is 9.35. The standard InChI is InChI=1S/C64H70BN3S/c1-60(2,3)41-24-29-46(30-25-41)67-53-40-51-50(63(10,11)34-35-64(51,12)13)39-52(53)65-57-54(67)37-48(66(44-20-16-14-17-21-44)45-22-18-15-19-23-45)38-55(57)68(47-31-26-42(27-32-47)61(4,5)6)58-49-36-43(62(7,8)9)28-33-56(49)69-59(58)65/h14-29,31-33,36-40,46H,30,34-35H2,1-13H3. The van der Waals surface area contributed by atoms with Gasteiger partial charge in [-0.3, -0.25) is 0 Å². The molecule has 1 unspecified atom stereocenters. The van der Waals surface area contributed by atoms with E-state index in [9.17, 15) is 0 Å². The summed E-state index contributed by atoms with van der Waals surface area (Å²) < 4.78 is 2.77. The highest BCUT2D eigenvalue weighted by atomic mass is 32.1. The Hall–Kier alpha value is -5.78. The molecule has 7 aromatic rings. The maximum absolute atomic E-state index is 2.78. The first-order valence-corrected chi connectivity index (χ1v) is 26.3. The minimum atomic E-state index is -0.00875. The van der Waals surface area contributed by atoms with E-state index in [-0.39, 0.29) is 39.8 Å².